The fourth-order valence-corrected chi connectivity index (χ4v) is 4.36. The second-order valence-electron chi connectivity index (χ2n) is 6.02. The van der Waals surface area contributed by atoms with Gasteiger partial charge in [-0.15, -0.1) is 28.1 Å². The molecular weight excluding hydrogens is 391 g/mol. The predicted octanol–water partition coefficient (Wildman–Crippen LogP) is 6.12. The Labute approximate surface area is 163 Å². The molecule has 3 rings (SSSR count). The van der Waals surface area contributed by atoms with Gasteiger partial charge in [0.05, 0.1) is 5.56 Å². The summed E-state index contributed by atoms with van der Waals surface area (Å²) >= 11 is 3.02. The average molecular weight is 410 g/mol. The van der Waals surface area contributed by atoms with E-state index in [0.717, 1.165) is 23.0 Å². The van der Waals surface area contributed by atoms with E-state index in [-0.39, 0.29) is 0 Å². The highest BCUT2D eigenvalue weighted by Gasteiger charge is 2.30. The number of hydrogen-bond donors (Lipinski definition) is 0. The minimum atomic E-state index is -4.34. The quantitative estimate of drug-likeness (QED) is 0.363. The number of alkyl halides is 3. The minimum Gasteiger partial charge on any atom is -0.298 e. The van der Waals surface area contributed by atoms with Crippen LogP contribution >= 0.6 is 23.1 Å². The summed E-state index contributed by atoms with van der Waals surface area (Å²) in [5.74, 6) is 1.13. The van der Waals surface area contributed by atoms with Gasteiger partial charge in [-0.25, -0.2) is 0 Å². The molecule has 142 valence electrons. The Hall–Kier alpha value is -2.06. The molecule has 0 radical (unpaired) electrons. The maximum Gasteiger partial charge on any atom is 0.416 e. The van der Waals surface area contributed by atoms with Crippen molar-refractivity contribution in [3.05, 3.63) is 63.9 Å². The van der Waals surface area contributed by atoms with Crippen LogP contribution in [0, 0.1) is 13.8 Å². The Balaban J connectivity index is 1.86. The summed E-state index contributed by atoms with van der Waals surface area (Å²) in [5, 5.41) is 11.3. The highest BCUT2D eigenvalue weighted by Crippen LogP contribution is 2.33. The van der Waals surface area contributed by atoms with Gasteiger partial charge in [0.1, 0.15) is 0 Å². The minimum absolute atomic E-state index is 0.376. The van der Waals surface area contributed by atoms with Gasteiger partial charge in [0, 0.05) is 28.1 Å². The lowest BCUT2D eigenvalue weighted by Crippen LogP contribution is -2.05. The van der Waals surface area contributed by atoms with Crippen LogP contribution in [0.3, 0.4) is 0 Å². The molecule has 2 aromatic heterocycles. The van der Waals surface area contributed by atoms with Crippen LogP contribution in [0.2, 0.25) is 0 Å². The van der Waals surface area contributed by atoms with Crippen molar-refractivity contribution < 1.29 is 13.2 Å². The second-order valence-corrected chi connectivity index (χ2v) is 8.05. The molecule has 0 bridgehead atoms. The average Bonchev–Trinajstić information content (AvgIpc) is 3.17. The van der Waals surface area contributed by atoms with Gasteiger partial charge >= 0.3 is 6.18 Å². The lowest BCUT2D eigenvalue weighted by molar-refractivity contribution is -0.137. The molecule has 0 N–H and O–H groups in total. The molecule has 0 fully saturated rings. The monoisotopic (exact) mass is 409 g/mol. The molecule has 2 heterocycles. The molecule has 0 saturated heterocycles. The third-order valence-corrected chi connectivity index (χ3v) is 6.23. The molecule has 0 aliphatic rings. The molecule has 0 saturated carbocycles. The molecule has 0 atom stereocenters. The van der Waals surface area contributed by atoms with Crippen LogP contribution < -0.4 is 0 Å². The number of halogens is 3. The smallest absolute Gasteiger partial charge is 0.298 e. The van der Waals surface area contributed by atoms with E-state index in [2.05, 4.69) is 29.1 Å². The van der Waals surface area contributed by atoms with Gasteiger partial charge in [-0.2, -0.15) is 13.2 Å². The van der Waals surface area contributed by atoms with E-state index in [0.29, 0.717) is 23.0 Å². The number of nitrogens with zero attached hydrogens (tertiary/aromatic N) is 3. The summed E-state index contributed by atoms with van der Waals surface area (Å²) in [6, 6.07) is 5.36. The van der Waals surface area contributed by atoms with E-state index in [1.165, 1.54) is 28.8 Å². The van der Waals surface area contributed by atoms with E-state index < -0.39 is 11.7 Å². The van der Waals surface area contributed by atoms with Crippen LogP contribution in [-0.2, 0) is 18.5 Å². The maximum atomic E-state index is 12.9. The number of rotatable bonds is 6. The van der Waals surface area contributed by atoms with Crippen molar-refractivity contribution >= 4 is 23.1 Å². The summed E-state index contributed by atoms with van der Waals surface area (Å²) in [6.45, 7) is 8.42. The normalized spacial score (nSPS) is 11.7. The van der Waals surface area contributed by atoms with Gasteiger partial charge in [-0.3, -0.25) is 4.57 Å². The standard InChI is InChI=1S/C19H18F3N3S2/c1-4-8-25-17(16-11-26-13(3)12(16)2)23-24-18(25)27-10-14-6-5-7-15(9-14)19(20,21)22/h4-7,9,11H,1,8,10H2,2-3H3. The lowest BCUT2D eigenvalue weighted by atomic mass is 10.1. The third-order valence-electron chi connectivity index (χ3n) is 4.18. The van der Waals surface area contributed by atoms with E-state index in [1.54, 1.807) is 23.5 Å². The first kappa shape index (κ1) is 19.7. The summed E-state index contributed by atoms with van der Waals surface area (Å²) < 4.78 is 40.6. The largest absolute Gasteiger partial charge is 0.416 e. The van der Waals surface area contributed by atoms with E-state index in [9.17, 15) is 13.2 Å². The van der Waals surface area contributed by atoms with Gasteiger partial charge in [0.25, 0.3) is 0 Å². The van der Waals surface area contributed by atoms with Crippen LogP contribution in [0.5, 0.6) is 0 Å². The van der Waals surface area contributed by atoms with Gasteiger partial charge in [0.2, 0.25) is 0 Å². The predicted molar refractivity (Wildman–Crippen MR) is 104 cm³/mol. The molecular formula is C19H18F3N3S2. The lowest BCUT2D eigenvalue weighted by Gasteiger charge is -2.10. The molecule has 8 heteroatoms. The Bertz CT molecular complexity index is 958. The zero-order valence-electron chi connectivity index (χ0n) is 14.9. The molecule has 0 spiro atoms. The molecule has 3 nitrogen and oxygen atoms in total. The number of thioether (sulfide) groups is 1. The second kappa shape index (κ2) is 7.90. The molecule has 1 aromatic carbocycles. The fourth-order valence-electron chi connectivity index (χ4n) is 2.61. The highest BCUT2D eigenvalue weighted by atomic mass is 32.2. The zero-order chi connectivity index (χ0) is 19.6. The maximum absolute atomic E-state index is 12.9. The van der Waals surface area contributed by atoms with Gasteiger partial charge in [-0.1, -0.05) is 36.0 Å². The van der Waals surface area contributed by atoms with Crippen molar-refractivity contribution in [2.24, 2.45) is 0 Å². The van der Waals surface area contributed by atoms with Crippen LogP contribution in [0.15, 0.2) is 47.5 Å². The van der Waals surface area contributed by atoms with Crippen molar-refractivity contribution in [2.45, 2.75) is 37.5 Å². The van der Waals surface area contributed by atoms with Crippen molar-refractivity contribution in [2.75, 3.05) is 0 Å². The van der Waals surface area contributed by atoms with Gasteiger partial charge < -0.3 is 0 Å². The first-order valence-electron chi connectivity index (χ1n) is 8.19. The fraction of sp³-hybridized carbons (Fsp3) is 0.263. The Morgan fingerprint density at radius 1 is 1.26 bits per heavy atom. The third kappa shape index (κ3) is 4.27. The number of aryl methyl sites for hydroxylation is 1. The van der Waals surface area contributed by atoms with Crippen molar-refractivity contribution in [3.63, 3.8) is 0 Å². The van der Waals surface area contributed by atoms with E-state index in [1.807, 2.05) is 11.5 Å². The summed E-state index contributed by atoms with van der Waals surface area (Å²) in [6.07, 6.45) is -2.58. The van der Waals surface area contributed by atoms with Crippen molar-refractivity contribution in [3.8, 4) is 11.4 Å². The summed E-state index contributed by atoms with van der Waals surface area (Å²) in [5.41, 5.74) is 2.13. The van der Waals surface area contributed by atoms with Crippen molar-refractivity contribution in [1.82, 2.24) is 14.8 Å². The van der Waals surface area contributed by atoms with Crippen LogP contribution in [0.25, 0.3) is 11.4 Å². The van der Waals surface area contributed by atoms with Gasteiger partial charge in [-0.05, 0) is 31.0 Å². The molecule has 0 aliphatic carbocycles. The number of aromatic nitrogens is 3. The van der Waals surface area contributed by atoms with Crippen LogP contribution in [-0.4, -0.2) is 14.8 Å². The highest BCUT2D eigenvalue weighted by molar-refractivity contribution is 7.98. The number of thiophene rings is 1. The number of benzene rings is 1. The SMILES string of the molecule is C=CCn1c(SCc2cccc(C(F)(F)F)c2)nnc1-c1csc(C)c1C. The van der Waals surface area contributed by atoms with E-state index in [4.69, 9.17) is 0 Å². The molecule has 27 heavy (non-hydrogen) atoms. The molecule has 0 aliphatic heterocycles. The molecule has 0 amide bonds. The topological polar surface area (TPSA) is 30.7 Å². The number of hydrogen-bond acceptors (Lipinski definition) is 4. The first-order valence-corrected chi connectivity index (χ1v) is 10.1. The Morgan fingerprint density at radius 2 is 2.04 bits per heavy atom. The Morgan fingerprint density at radius 3 is 2.67 bits per heavy atom. The first-order chi connectivity index (χ1) is 12.8. The zero-order valence-corrected chi connectivity index (χ0v) is 16.5. The van der Waals surface area contributed by atoms with Crippen LogP contribution in [0.4, 0.5) is 13.2 Å². The van der Waals surface area contributed by atoms with Gasteiger partial charge in [0.15, 0.2) is 11.0 Å². The van der Waals surface area contributed by atoms with Crippen molar-refractivity contribution in [1.29, 1.82) is 0 Å². The summed E-state index contributed by atoms with van der Waals surface area (Å²) in [4.78, 5) is 1.22. The Kier molecular flexibility index (Phi) is 5.76. The van der Waals surface area contributed by atoms with Crippen LogP contribution in [0.1, 0.15) is 21.6 Å². The summed E-state index contributed by atoms with van der Waals surface area (Å²) in [7, 11) is 0. The van der Waals surface area contributed by atoms with E-state index >= 15 is 0 Å². The molecule has 0 unspecified atom stereocenters. The molecule has 3 aromatic rings. The number of allylic oxidation sites excluding steroid dienone is 1.